The molecule has 0 aliphatic heterocycles. The van der Waals surface area contributed by atoms with Crippen LogP contribution in [0.25, 0.3) is 0 Å². The molecular formula is C17H28O2. The Labute approximate surface area is 117 Å². The van der Waals surface area contributed by atoms with Crippen molar-refractivity contribution in [3.8, 4) is 0 Å². The molecule has 0 aromatic heterocycles. The van der Waals surface area contributed by atoms with Crippen LogP contribution in [0.2, 0.25) is 0 Å². The summed E-state index contributed by atoms with van der Waals surface area (Å²) in [6.07, 6.45) is 8.91. The fourth-order valence-corrected chi connectivity index (χ4v) is 4.57. The Bertz CT molecular complexity index is 324. The van der Waals surface area contributed by atoms with E-state index in [0.29, 0.717) is 23.4 Å². The molecule has 2 saturated carbocycles. The molecule has 0 spiro atoms. The van der Waals surface area contributed by atoms with Gasteiger partial charge in [-0.15, -0.1) is 0 Å². The minimum Gasteiger partial charge on any atom is -0.300 e. The molecule has 2 aliphatic rings. The van der Waals surface area contributed by atoms with Crippen molar-refractivity contribution in [2.75, 3.05) is 0 Å². The SMILES string of the molecule is CCC(C1CCC(=O)CC1)C(CC)C1CCC(=O)C1. The predicted octanol–water partition coefficient (Wildman–Crippen LogP) is 4.17. The number of Topliss-reactive ketones (excluding diaryl/α,β-unsaturated/α-hetero) is 2. The van der Waals surface area contributed by atoms with E-state index in [1.54, 1.807) is 0 Å². The van der Waals surface area contributed by atoms with E-state index in [0.717, 1.165) is 56.8 Å². The molecule has 0 aromatic rings. The lowest BCUT2D eigenvalue weighted by atomic mass is 9.67. The van der Waals surface area contributed by atoms with Gasteiger partial charge in [-0.05, 0) is 42.9 Å². The molecule has 0 heterocycles. The second kappa shape index (κ2) is 6.67. The molecule has 108 valence electrons. The number of hydrogen-bond donors (Lipinski definition) is 0. The zero-order valence-corrected chi connectivity index (χ0v) is 12.5. The fraction of sp³-hybridized carbons (Fsp3) is 0.882. The van der Waals surface area contributed by atoms with Gasteiger partial charge in [-0.25, -0.2) is 0 Å². The molecule has 2 nitrogen and oxygen atoms in total. The van der Waals surface area contributed by atoms with Crippen molar-refractivity contribution in [3.63, 3.8) is 0 Å². The Balaban J connectivity index is 2.01. The molecule has 0 amide bonds. The molecule has 0 radical (unpaired) electrons. The van der Waals surface area contributed by atoms with E-state index < -0.39 is 0 Å². The summed E-state index contributed by atoms with van der Waals surface area (Å²) >= 11 is 0. The first-order valence-corrected chi connectivity index (χ1v) is 8.19. The third-order valence-corrected chi connectivity index (χ3v) is 5.58. The third-order valence-electron chi connectivity index (χ3n) is 5.58. The Hall–Kier alpha value is -0.660. The highest BCUT2D eigenvalue weighted by atomic mass is 16.1. The van der Waals surface area contributed by atoms with Crippen LogP contribution in [-0.2, 0) is 9.59 Å². The van der Waals surface area contributed by atoms with Crippen LogP contribution in [0.15, 0.2) is 0 Å². The predicted molar refractivity (Wildman–Crippen MR) is 76.9 cm³/mol. The van der Waals surface area contributed by atoms with E-state index in [2.05, 4.69) is 13.8 Å². The van der Waals surface area contributed by atoms with Gasteiger partial charge in [0.15, 0.2) is 0 Å². The lowest BCUT2D eigenvalue weighted by Crippen LogP contribution is -2.30. The van der Waals surface area contributed by atoms with Gasteiger partial charge in [0.25, 0.3) is 0 Å². The molecule has 2 fully saturated rings. The molecule has 0 bridgehead atoms. The molecule has 3 unspecified atom stereocenters. The highest BCUT2D eigenvalue weighted by Crippen LogP contribution is 2.43. The average Bonchev–Trinajstić information content (AvgIpc) is 2.83. The van der Waals surface area contributed by atoms with Gasteiger partial charge in [0.05, 0.1) is 0 Å². The summed E-state index contributed by atoms with van der Waals surface area (Å²) in [4.78, 5) is 23.0. The van der Waals surface area contributed by atoms with Gasteiger partial charge in [0.2, 0.25) is 0 Å². The van der Waals surface area contributed by atoms with E-state index >= 15 is 0 Å². The van der Waals surface area contributed by atoms with Crippen LogP contribution in [0.4, 0.5) is 0 Å². The van der Waals surface area contributed by atoms with Crippen LogP contribution >= 0.6 is 0 Å². The Morgan fingerprint density at radius 1 is 0.842 bits per heavy atom. The van der Waals surface area contributed by atoms with Crippen molar-refractivity contribution in [2.45, 2.75) is 71.6 Å². The van der Waals surface area contributed by atoms with Gasteiger partial charge in [-0.1, -0.05) is 26.7 Å². The Morgan fingerprint density at radius 2 is 1.32 bits per heavy atom. The van der Waals surface area contributed by atoms with Crippen molar-refractivity contribution in [2.24, 2.45) is 23.7 Å². The number of ketones is 2. The number of rotatable bonds is 5. The molecule has 0 aromatic carbocycles. The highest BCUT2D eigenvalue weighted by molar-refractivity contribution is 5.80. The maximum Gasteiger partial charge on any atom is 0.133 e. The van der Waals surface area contributed by atoms with Crippen molar-refractivity contribution >= 4 is 11.6 Å². The minimum absolute atomic E-state index is 0.454. The van der Waals surface area contributed by atoms with Crippen molar-refractivity contribution in [1.29, 1.82) is 0 Å². The normalized spacial score (nSPS) is 28.6. The van der Waals surface area contributed by atoms with Crippen LogP contribution in [0, 0.1) is 23.7 Å². The zero-order valence-electron chi connectivity index (χ0n) is 12.5. The summed E-state index contributed by atoms with van der Waals surface area (Å²) in [7, 11) is 0. The van der Waals surface area contributed by atoms with E-state index in [1.165, 1.54) is 12.8 Å². The molecule has 2 heteroatoms. The fourth-order valence-electron chi connectivity index (χ4n) is 4.57. The smallest absolute Gasteiger partial charge is 0.133 e. The number of carbonyl (C=O) groups is 2. The molecule has 2 rings (SSSR count). The van der Waals surface area contributed by atoms with Gasteiger partial charge in [0, 0.05) is 25.7 Å². The van der Waals surface area contributed by atoms with E-state index in [4.69, 9.17) is 0 Å². The maximum atomic E-state index is 11.6. The van der Waals surface area contributed by atoms with Gasteiger partial charge < -0.3 is 0 Å². The second-order valence-corrected chi connectivity index (χ2v) is 6.56. The lowest BCUT2D eigenvalue weighted by molar-refractivity contribution is -0.121. The van der Waals surface area contributed by atoms with Crippen LogP contribution in [-0.4, -0.2) is 11.6 Å². The van der Waals surface area contributed by atoms with Crippen LogP contribution in [0.3, 0.4) is 0 Å². The summed E-state index contributed by atoms with van der Waals surface area (Å²) in [6, 6.07) is 0. The largest absolute Gasteiger partial charge is 0.300 e. The first-order valence-electron chi connectivity index (χ1n) is 8.19. The summed E-state index contributed by atoms with van der Waals surface area (Å²) in [6.45, 7) is 4.57. The van der Waals surface area contributed by atoms with E-state index in [-0.39, 0.29) is 0 Å². The Kier molecular flexibility index (Phi) is 5.18. The van der Waals surface area contributed by atoms with Gasteiger partial charge >= 0.3 is 0 Å². The first kappa shape index (κ1) is 14.7. The number of hydrogen-bond acceptors (Lipinski definition) is 2. The maximum absolute atomic E-state index is 11.6. The second-order valence-electron chi connectivity index (χ2n) is 6.56. The number of carbonyl (C=O) groups excluding carboxylic acids is 2. The van der Waals surface area contributed by atoms with Gasteiger partial charge in [-0.2, -0.15) is 0 Å². The van der Waals surface area contributed by atoms with E-state index in [9.17, 15) is 9.59 Å². The average molecular weight is 264 g/mol. The third kappa shape index (κ3) is 3.46. The molecule has 2 aliphatic carbocycles. The topological polar surface area (TPSA) is 34.1 Å². The van der Waals surface area contributed by atoms with Gasteiger partial charge in [0.1, 0.15) is 11.6 Å². The van der Waals surface area contributed by atoms with Crippen molar-refractivity contribution < 1.29 is 9.59 Å². The van der Waals surface area contributed by atoms with Crippen LogP contribution in [0.5, 0.6) is 0 Å². The molecule has 3 atom stereocenters. The monoisotopic (exact) mass is 264 g/mol. The first-order chi connectivity index (χ1) is 9.15. The Morgan fingerprint density at radius 3 is 1.79 bits per heavy atom. The van der Waals surface area contributed by atoms with E-state index in [1.807, 2.05) is 0 Å². The molecular weight excluding hydrogens is 236 g/mol. The zero-order chi connectivity index (χ0) is 13.8. The highest BCUT2D eigenvalue weighted by Gasteiger charge is 2.37. The quantitative estimate of drug-likeness (QED) is 0.747. The lowest BCUT2D eigenvalue weighted by Gasteiger charge is -2.37. The molecule has 0 saturated heterocycles. The van der Waals surface area contributed by atoms with Crippen LogP contribution in [0.1, 0.15) is 71.6 Å². The molecule has 0 N–H and O–H groups in total. The minimum atomic E-state index is 0.454. The summed E-state index contributed by atoms with van der Waals surface area (Å²) in [5.74, 6) is 3.71. The van der Waals surface area contributed by atoms with Crippen molar-refractivity contribution in [1.82, 2.24) is 0 Å². The summed E-state index contributed by atoms with van der Waals surface area (Å²) in [5, 5.41) is 0. The summed E-state index contributed by atoms with van der Waals surface area (Å²) < 4.78 is 0. The standard InChI is InChI=1S/C17H28O2/c1-3-16(12-5-8-14(18)9-6-12)17(4-2)13-7-10-15(19)11-13/h12-13,16-17H,3-11H2,1-2H3. The summed E-state index contributed by atoms with van der Waals surface area (Å²) in [5.41, 5.74) is 0. The van der Waals surface area contributed by atoms with Crippen LogP contribution < -0.4 is 0 Å². The van der Waals surface area contributed by atoms with Gasteiger partial charge in [-0.3, -0.25) is 9.59 Å². The van der Waals surface area contributed by atoms with Crippen molar-refractivity contribution in [3.05, 3.63) is 0 Å². The molecule has 19 heavy (non-hydrogen) atoms.